The summed E-state index contributed by atoms with van der Waals surface area (Å²) in [7, 11) is 0. The third kappa shape index (κ3) is 4.51. The number of benzene rings is 3. The lowest BCUT2D eigenvalue weighted by molar-refractivity contribution is 1.29. The first kappa shape index (κ1) is 22.9. The second kappa shape index (κ2) is 11.3. The van der Waals surface area contributed by atoms with E-state index in [1.165, 1.54) is 12.1 Å². The number of rotatable bonds is 2. The van der Waals surface area contributed by atoms with Crippen molar-refractivity contribution in [1.29, 1.82) is 26.3 Å². The van der Waals surface area contributed by atoms with E-state index in [1.807, 2.05) is 6.07 Å². The summed E-state index contributed by atoms with van der Waals surface area (Å²) in [6, 6.07) is 15.9. The molecule has 0 atom stereocenters. The van der Waals surface area contributed by atoms with Crippen LogP contribution in [0.3, 0.4) is 0 Å². The molecule has 0 amide bonds. The fourth-order valence-corrected chi connectivity index (χ4v) is 4.41. The summed E-state index contributed by atoms with van der Waals surface area (Å²) < 4.78 is 34.0. The lowest BCUT2D eigenvalue weighted by atomic mass is 9.98. The Morgan fingerprint density at radius 1 is 0.659 bits per heavy atom. The lowest BCUT2D eigenvalue weighted by Gasteiger charge is -2.07. The molecule has 0 spiro atoms. The van der Waals surface area contributed by atoms with Crippen LogP contribution in [0, 0.1) is 76.4 Å². The molecule has 0 radical (unpaired) electrons. The van der Waals surface area contributed by atoms with Gasteiger partial charge in [0.2, 0.25) is 11.4 Å². The summed E-state index contributed by atoms with van der Waals surface area (Å²) in [5.74, 6) is 0. The van der Waals surface area contributed by atoms with E-state index in [0.717, 1.165) is 0 Å². The van der Waals surface area contributed by atoms with Crippen molar-refractivity contribution < 1.29 is 5.48 Å². The minimum absolute atomic E-state index is 0.0405. The number of hydrogen-bond donors (Lipinski definition) is 0. The fourth-order valence-electron chi connectivity index (χ4n) is 4.41. The first-order chi connectivity index (χ1) is 23.1. The van der Waals surface area contributed by atoms with Gasteiger partial charge in [-0.15, -0.1) is 0 Å². The van der Waals surface area contributed by atoms with E-state index in [2.05, 4.69) is 24.5 Å². The third-order valence-electron chi connectivity index (χ3n) is 6.37. The van der Waals surface area contributed by atoms with Crippen molar-refractivity contribution >= 4 is 44.5 Å². The summed E-state index contributed by atoms with van der Waals surface area (Å²) in [4.78, 5) is 18.9. The van der Waals surface area contributed by atoms with E-state index in [0.29, 0.717) is 21.8 Å². The van der Waals surface area contributed by atoms with Crippen LogP contribution in [0.25, 0.3) is 47.6 Å². The van der Waals surface area contributed by atoms with E-state index in [-0.39, 0.29) is 33.1 Å². The van der Waals surface area contributed by atoms with Gasteiger partial charge in [-0.25, -0.2) is 14.7 Å². The molecule has 0 saturated heterocycles. The summed E-state index contributed by atoms with van der Waals surface area (Å²) in [6.45, 7) is 22.6. The normalized spacial score (nSPS) is 12.5. The van der Waals surface area contributed by atoms with Crippen molar-refractivity contribution in [2.45, 2.75) is 0 Å². The van der Waals surface area contributed by atoms with E-state index in [4.69, 9.17) is 25.2 Å². The van der Waals surface area contributed by atoms with Crippen LogP contribution in [0.2, 0.25) is 0 Å². The molecular formula is C34H10N10. The van der Waals surface area contributed by atoms with E-state index in [9.17, 15) is 26.3 Å². The summed E-state index contributed by atoms with van der Waals surface area (Å²) in [6.07, 6.45) is 0. The lowest BCUT2D eigenvalue weighted by Crippen LogP contribution is -2.12. The van der Waals surface area contributed by atoms with Crippen LogP contribution in [-0.4, -0.2) is 9.97 Å². The predicted octanol–water partition coefficient (Wildman–Crippen LogP) is 5.17. The Kier molecular flexibility index (Phi) is 5.89. The van der Waals surface area contributed by atoms with Crippen molar-refractivity contribution in [2.75, 3.05) is 0 Å². The Bertz CT molecular complexity index is 2550. The second-order valence-electron chi connectivity index (χ2n) is 8.66. The van der Waals surface area contributed by atoms with Gasteiger partial charge in [0.15, 0.2) is 5.69 Å². The van der Waals surface area contributed by atoms with Crippen LogP contribution in [0.4, 0.5) is 11.4 Å². The molecule has 196 valence electrons. The highest BCUT2D eigenvalue weighted by molar-refractivity contribution is 6.04. The molecule has 0 saturated carbocycles. The average molecular weight is 563 g/mol. The zero-order valence-electron chi connectivity index (χ0n) is 25.9. The molecular weight excluding hydrogens is 548 g/mol. The van der Waals surface area contributed by atoms with Crippen molar-refractivity contribution in [3.05, 3.63) is 139 Å². The number of pyridine rings is 2. The van der Waals surface area contributed by atoms with Crippen molar-refractivity contribution in [2.24, 2.45) is 0 Å². The van der Waals surface area contributed by atoms with E-state index < -0.39 is 57.8 Å². The van der Waals surface area contributed by atoms with Gasteiger partial charge in [0.1, 0.15) is 24.3 Å². The van der Waals surface area contributed by atoms with Gasteiger partial charge in [-0.3, -0.25) is 9.83 Å². The number of fused-ring (bicyclic) bond motifs is 3. The Labute approximate surface area is 255 Å². The van der Waals surface area contributed by atoms with Gasteiger partial charge in [0.05, 0.1) is 73.9 Å². The molecule has 3 aromatic carbocycles. The summed E-state index contributed by atoms with van der Waals surface area (Å²) in [5, 5.41) is 49.5. The highest BCUT2D eigenvalue weighted by Crippen LogP contribution is 2.35. The average Bonchev–Trinajstić information content (AvgIpc) is 3.10. The minimum Gasteiger partial charge on any atom is -0.260 e. The first-order valence-corrected chi connectivity index (χ1v) is 12.1. The van der Waals surface area contributed by atoms with Gasteiger partial charge in [-0.05, 0) is 59.6 Å². The maximum Gasteiger partial charge on any atom is 0.219 e. The van der Waals surface area contributed by atoms with Gasteiger partial charge < -0.3 is 0 Å². The largest absolute Gasteiger partial charge is 0.260 e. The van der Waals surface area contributed by atoms with Crippen molar-refractivity contribution in [1.82, 2.24) is 9.97 Å². The zero-order chi connectivity index (χ0) is 34.9. The third-order valence-corrected chi connectivity index (χ3v) is 6.37. The molecule has 0 aliphatic rings. The maximum absolute atomic E-state index is 10.1. The van der Waals surface area contributed by atoms with Crippen molar-refractivity contribution in [3.63, 3.8) is 0 Å². The fraction of sp³-hybridized carbons (Fsp3) is 0. The Hall–Kier alpha value is -7.86. The number of nitriles is 5. The summed E-state index contributed by atoms with van der Waals surface area (Å²) >= 11 is 0. The molecule has 0 fully saturated rings. The van der Waals surface area contributed by atoms with Gasteiger partial charge in [-0.2, -0.15) is 26.3 Å². The maximum atomic E-state index is 10.1. The Morgan fingerprint density at radius 3 is 1.73 bits per heavy atom. The molecule has 0 aliphatic heterocycles. The van der Waals surface area contributed by atoms with Gasteiger partial charge in [0.25, 0.3) is 0 Å². The van der Waals surface area contributed by atoms with E-state index >= 15 is 0 Å². The predicted molar refractivity (Wildman–Crippen MR) is 158 cm³/mol. The Morgan fingerprint density at radius 2 is 1.23 bits per heavy atom. The molecule has 5 rings (SSSR count). The number of aromatic nitrogens is 2. The monoisotopic (exact) mass is 562 g/mol. The quantitative estimate of drug-likeness (QED) is 0.212. The van der Waals surface area contributed by atoms with Crippen LogP contribution < -0.4 is 10.7 Å². The van der Waals surface area contributed by atoms with E-state index in [1.54, 1.807) is 48.5 Å². The molecule has 0 unspecified atom stereocenters. The molecule has 0 N–H and O–H groups in total. The first-order valence-electron chi connectivity index (χ1n) is 14.1. The second-order valence-corrected chi connectivity index (χ2v) is 8.66. The molecule has 2 heterocycles. The summed E-state index contributed by atoms with van der Waals surface area (Å²) in [5.41, 5.74) is -3.01. The molecule has 2 aromatic heterocycles. The zero-order valence-corrected chi connectivity index (χ0v) is 21.9. The SMILES string of the molecule is [2H]c1c(C#N)c(C#N)c(C#N)c([2H])c1/C([N+]#[C-])=c1\ccc2c(ccc3n/c(=C(/C#N)c4c([2H])c(C#N)c([N+]#[C-])c([N+]#[C-])c4[2H])ccc32)n1. The van der Waals surface area contributed by atoms with Crippen molar-refractivity contribution in [3.8, 4) is 30.3 Å². The number of nitrogens with zero attached hydrogens (tertiary/aromatic N) is 10. The molecule has 10 heteroatoms. The van der Waals surface area contributed by atoms with Gasteiger partial charge >= 0.3 is 0 Å². The Balaban J connectivity index is 1.79. The van der Waals surface area contributed by atoms with Gasteiger partial charge in [-0.1, -0.05) is 12.1 Å². The van der Waals surface area contributed by atoms with Gasteiger partial charge in [0, 0.05) is 17.7 Å². The highest BCUT2D eigenvalue weighted by Gasteiger charge is 2.16. The van der Waals surface area contributed by atoms with Crippen LogP contribution in [0.15, 0.2) is 60.6 Å². The molecule has 5 aromatic rings. The highest BCUT2D eigenvalue weighted by atomic mass is 14.8. The van der Waals surface area contributed by atoms with Crippen LogP contribution in [0.5, 0.6) is 0 Å². The smallest absolute Gasteiger partial charge is 0.219 e. The molecule has 0 aliphatic carbocycles. The van der Waals surface area contributed by atoms with Crippen LogP contribution in [0.1, 0.15) is 38.9 Å². The minimum atomic E-state index is -0.549. The van der Waals surface area contributed by atoms with Crippen LogP contribution in [-0.2, 0) is 0 Å². The molecule has 44 heavy (non-hydrogen) atoms. The topological polar surface area (TPSA) is 158 Å². The van der Waals surface area contributed by atoms with Crippen LogP contribution >= 0.6 is 0 Å². The number of hydrogen-bond acceptors (Lipinski definition) is 7. The standard InChI is InChI=1S/C34H10N10/c1-40-32-13-19(10-23(16-37)34(32)42-3)27(18-39)30-6-4-24-25-5-7-31(44-29(25)9-8-28(24)43-30)33(41-2)20-11-21(14-35)26(17-38)22(12-20)15-36/h4-13H/b30-27-,33-31-/i10D,11D,12D,13D. The molecule has 10 nitrogen and oxygen atoms in total. The molecule has 0 bridgehead atoms.